The molecule has 1 N–H and O–H groups in total. The smallest absolute Gasteiger partial charge is 0.164 e. The molecule has 0 spiro atoms. The molecule has 0 aliphatic carbocycles. The largest absolute Gasteiger partial charge is 0.504 e. The Hall–Kier alpha value is -1.18. The van der Waals surface area contributed by atoms with Crippen LogP contribution in [0.15, 0.2) is 0 Å². The topological polar surface area (TPSA) is 29.5 Å². The highest BCUT2D eigenvalue weighted by molar-refractivity contribution is 5.60. The van der Waals surface area contributed by atoms with Crippen molar-refractivity contribution in [2.24, 2.45) is 0 Å². The highest BCUT2D eigenvalue weighted by Crippen LogP contribution is 2.43. The van der Waals surface area contributed by atoms with Gasteiger partial charge >= 0.3 is 0 Å². The van der Waals surface area contributed by atoms with E-state index in [0.29, 0.717) is 5.75 Å². The number of unbranched alkanes of at least 4 members (excludes halogenated alkanes) is 35. The van der Waals surface area contributed by atoms with Crippen molar-refractivity contribution in [2.75, 3.05) is 6.61 Å². The van der Waals surface area contributed by atoms with E-state index in [2.05, 4.69) is 34.6 Å². The molecule has 0 atom stereocenters. The van der Waals surface area contributed by atoms with Crippen LogP contribution in [0.1, 0.15) is 314 Å². The van der Waals surface area contributed by atoms with Crippen molar-refractivity contribution in [1.82, 2.24) is 0 Å². The Bertz CT molecular complexity index is 997. The molecule has 0 heterocycles. The molecular weight excluding hydrogens is 705 g/mol. The Labute approximate surface area is 366 Å². The molecule has 0 fully saturated rings. The number of aromatic hydroxyl groups is 1. The number of ether oxygens (including phenoxy) is 1. The number of rotatable bonds is 46. The van der Waals surface area contributed by atoms with Crippen molar-refractivity contribution in [3.63, 3.8) is 0 Å². The van der Waals surface area contributed by atoms with E-state index in [1.54, 1.807) is 11.1 Å². The third-order valence-electron chi connectivity index (χ3n) is 13.2. The van der Waals surface area contributed by atoms with Crippen LogP contribution >= 0.6 is 0 Å². The molecule has 0 aromatic heterocycles. The summed E-state index contributed by atoms with van der Waals surface area (Å²) in [6.45, 7) is 12.3. The quantitative estimate of drug-likeness (QED) is 0.0665. The molecule has 0 unspecified atom stereocenters. The van der Waals surface area contributed by atoms with Gasteiger partial charge in [0.1, 0.15) is 0 Å². The molecule has 58 heavy (non-hydrogen) atoms. The molecule has 342 valence electrons. The summed E-state index contributed by atoms with van der Waals surface area (Å²) >= 11 is 0. The van der Waals surface area contributed by atoms with E-state index >= 15 is 0 Å². The van der Waals surface area contributed by atoms with E-state index in [1.165, 1.54) is 268 Å². The van der Waals surface area contributed by atoms with Gasteiger partial charge in [-0.25, -0.2) is 0 Å². The van der Waals surface area contributed by atoms with E-state index in [9.17, 15) is 5.11 Å². The predicted molar refractivity (Wildman–Crippen MR) is 261 cm³/mol. The van der Waals surface area contributed by atoms with Gasteiger partial charge in [-0.15, -0.1) is 0 Å². The fourth-order valence-corrected chi connectivity index (χ4v) is 9.37. The zero-order valence-corrected chi connectivity index (χ0v) is 40.7. The van der Waals surface area contributed by atoms with Crippen molar-refractivity contribution >= 4 is 0 Å². The fourth-order valence-electron chi connectivity index (χ4n) is 9.37. The molecule has 0 aliphatic heterocycles. The molecule has 0 radical (unpaired) electrons. The minimum absolute atomic E-state index is 0.548. The lowest BCUT2D eigenvalue weighted by Gasteiger charge is -2.25. The Balaban J connectivity index is 3.37. The maximum absolute atomic E-state index is 12.4. The number of phenols is 1. The van der Waals surface area contributed by atoms with Crippen molar-refractivity contribution in [1.29, 1.82) is 0 Å². The molecule has 1 aromatic rings. The second kappa shape index (κ2) is 42.5. The van der Waals surface area contributed by atoms with E-state index < -0.39 is 0 Å². The SMILES string of the molecule is CCCCCCCCCCOc1c(O)c(CCCCCCCCCC)c(CCCCCCCCCC)c(CCCCCCCCCC)c1CCCCCCCCCC. The van der Waals surface area contributed by atoms with Crippen molar-refractivity contribution < 1.29 is 9.84 Å². The first-order chi connectivity index (χ1) is 28.7. The molecule has 2 nitrogen and oxygen atoms in total. The minimum atomic E-state index is 0.548. The monoisotopic (exact) mass is 811 g/mol. The molecule has 0 aliphatic rings. The van der Waals surface area contributed by atoms with Crippen molar-refractivity contribution in [3.05, 3.63) is 22.3 Å². The van der Waals surface area contributed by atoms with Gasteiger partial charge in [-0.1, -0.05) is 259 Å². The molecule has 2 heteroatoms. The third-order valence-corrected chi connectivity index (χ3v) is 13.2. The highest BCUT2D eigenvalue weighted by atomic mass is 16.5. The minimum Gasteiger partial charge on any atom is -0.504 e. The summed E-state index contributed by atoms with van der Waals surface area (Å²) in [6, 6.07) is 0. The van der Waals surface area contributed by atoms with E-state index in [-0.39, 0.29) is 0 Å². The second-order valence-corrected chi connectivity index (χ2v) is 18.8. The maximum Gasteiger partial charge on any atom is 0.164 e. The Morgan fingerprint density at radius 1 is 0.259 bits per heavy atom. The highest BCUT2D eigenvalue weighted by Gasteiger charge is 2.24. The first-order valence-electron chi connectivity index (χ1n) is 27.2. The van der Waals surface area contributed by atoms with Gasteiger partial charge in [0.05, 0.1) is 6.61 Å². The molecule has 1 rings (SSSR count). The number of hydrogen-bond acceptors (Lipinski definition) is 2. The first kappa shape index (κ1) is 54.8. The molecule has 0 bridgehead atoms. The predicted octanol–water partition coefficient (Wildman–Crippen LogP) is 19.6. The van der Waals surface area contributed by atoms with Crippen molar-refractivity contribution in [2.45, 2.75) is 317 Å². The lowest BCUT2D eigenvalue weighted by molar-refractivity contribution is 0.283. The van der Waals surface area contributed by atoms with Crippen LogP contribution in [0.4, 0.5) is 0 Å². The van der Waals surface area contributed by atoms with Crippen LogP contribution in [0, 0.1) is 0 Å². The molecular formula is C56H106O2. The molecule has 0 amide bonds. The van der Waals surface area contributed by atoms with Gasteiger partial charge in [0.15, 0.2) is 11.5 Å². The van der Waals surface area contributed by atoms with Gasteiger partial charge in [0, 0.05) is 11.1 Å². The first-order valence-corrected chi connectivity index (χ1v) is 27.2. The maximum atomic E-state index is 12.4. The van der Waals surface area contributed by atoms with E-state index in [1.807, 2.05) is 0 Å². The fraction of sp³-hybridized carbons (Fsp3) is 0.893. The van der Waals surface area contributed by atoms with Gasteiger partial charge in [0.2, 0.25) is 0 Å². The van der Waals surface area contributed by atoms with Gasteiger partial charge in [-0.2, -0.15) is 0 Å². The van der Waals surface area contributed by atoms with Crippen LogP contribution in [0.25, 0.3) is 0 Å². The van der Waals surface area contributed by atoms with Crippen LogP contribution in [-0.2, 0) is 25.7 Å². The van der Waals surface area contributed by atoms with Crippen LogP contribution < -0.4 is 4.74 Å². The number of phenolic OH excluding ortho intramolecular Hbond substituents is 1. The molecule has 1 aromatic carbocycles. The van der Waals surface area contributed by atoms with E-state index in [0.717, 1.165) is 38.0 Å². The third kappa shape index (κ3) is 29.1. The average molecular weight is 811 g/mol. The second-order valence-electron chi connectivity index (χ2n) is 18.8. The van der Waals surface area contributed by atoms with Crippen LogP contribution in [0.2, 0.25) is 0 Å². The average Bonchev–Trinajstić information content (AvgIpc) is 3.23. The molecule has 0 saturated heterocycles. The summed E-state index contributed by atoms with van der Waals surface area (Å²) in [4.78, 5) is 0. The summed E-state index contributed by atoms with van der Waals surface area (Å²) in [5, 5.41) is 12.4. The standard InChI is InChI=1S/C56H106O2/c1-6-11-16-21-26-31-36-41-46-51-52(47-42-37-32-27-22-17-12-7-2)54(49-44-39-34-29-24-19-14-9-4)56(58-50-45-40-35-30-25-20-15-10-5)55(57)53(51)48-43-38-33-28-23-18-13-8-3/h57H,6-50H2,1-5H3. The zero-order chi connectivity index (χ0) is 42.0. The Kier molecular flexibility index (Phi) is 40.2. The summed E-state index contributed by atoms with van der Waals surface area (Å²) in [5.74, 6) is 1.46. The van der Waals surface area contributed by atoms with Crippen LogP contribution in [0.5, 0.6) is 11.5 Å². The normalized spacial score (nSPS) is 11.6. The number of hydrogen-bond donors (Lipinski definition) is 1. The van der Waals surface area contributed by atoms with Gasteiger partial charge in [-0.3, -0.25) is 0 Å². The lowest BCUT2D eigenvalue weighted by Crippen LogP contribution is -2.11. The Morgan fingerprint density at radius 3 is 0.793 bits per heavy atom. The lowest BCUT2D eigenvalue weighted by atomic mass is 9.84. The van der Waals surface area contributed by atoms with Gasteiger partial charge in [-0.05, 0) is 68.9 Å². The summed E-state index contributed by atoms with van der Waals surface area (Å²) in [7, 11) is 0. The Morgan fingerprint density at radius 2 is 0.483 bits per heavy atom. The van der Waals surface area contributed by atoms with Crippen LogP contribution in [-0.4, -0.2) is 11.7 Å². The van der Waals surface area contributed by atoms with Gasteiger partial charge in [0.25, 0.3) is 0 Å². The summed E-state index contributed by atoms with van der Waals surface area (Å²) in [6.07, 6.45) is 58.0. The van der Waals surface area contributed by atoms with Crippen LogP contribution in [0.3, 0.4) is 0 Å². The van der Waals surface area contributed by atoms with Crippen molar-refractivity contribution in [3.8, 4) is 11.5 Å². The van der Waals surface area contributed by atoms with Gasteiger partial charge < -0.3 is 9.84 Å². The zero-order valence-electron chi connectivity index (χ0n) is 40.7. The summed E-state index contributed by atoms with van der Waals surface area (Å²) in [5.41, 5.74) is 5.88. The summed E-state index contributed by atoms with van der Waals surface area (Å²) < 4.78 is 6.88. The number of benzene rings is 1. The molecule has 0 saturated carbocycles. The van der Waals surface area contributed by atoms with E-state index in [4.69, 9.17) is 4.74 Å².